The second-order valence-electron chi connectivity index (χ2n) is 3.26. The van der Waals surface area contributed by atoms with Gasteiger partial charge in [0, 0.05) is 23.0 Å². The molecular formula is C11H12BrF2NO2. The van der Waals surface area contributed by atoms with Crippen molar-refractivity contribution in [3.05, 3.63) is 28.2 Å². The first-order chi connectivity index (χ1) is 8.02. The summed E-state index contributed by atoms with van der Waals surface area (Å²) in [6.45, 7) is -1.00. The van der Waals surface area contributed by atoms with Crippen molar-refractivity contribution in [3.63, 3.8) is 0 Å². The minimum Gasteiger partial charge on any atom is -0.434 e. The minimum atomic E-state index is -2.88. The van der Waals surface area contributed by atoms with E-state index in [1.165, 1.54) is 6.07 Å². The Labute approximate surface area is 106 Å². The fourth-order valence-corrected chi connectivity index (χ4v) is 1.62. The summed E-state index contributed by atoms with van der Waals surface area (Å²) in [5.41, 5.74) is 0.501. The van der Waals surface area contributed by atoms with Gasteiger partial charge in [-0.1, -0.05) is 22.9 Å². The van der Waals surface area contributed by atoms with Gasteiger partial charge >= 0.3 is 6.61 Å². The van der Waals surface area contributed by atoms with Crippen molar-refractivity contribution in [2.45, 2.75) is 26.5 Å². The molecule has 0 spiro atoms. The number of hydrogen-bond donors (Lipinski definition) is 1. The number of halogens is 3. The Hall–Kier alpha value is -1.17. The highest BCUT2D eigenvalue weighted by atomic mass is 79.9. The molecular weight excluding hydrogens is 296 g/mol. The Morgan fingerprint density at radius 3 is 2.82 bits per heavy atom. The molecule has 0 unspecified atom stereocenters. The maximum Gasteiger partial charge on any atom is 0.387 e. The monoisotopic (exact) mass is 307 g/mol. The van der Waals surface area contributed by atoms with Crippen molar-refractivity contribution >= 4 is 21.8 Å². The van der Waals surface area contributed by atoms with Crippen LogP contribution in [0.5, 0.6) is 5.75 Å². The Morgan fingerprint density at radius 1 is 1.53 bits per heavy atom. The number of nitrogens with one attached hydrogen (secondary N) is 1. The molecule has 1 amide bonds. The maximum atomic E-state index is 12.1. The van der Waals surface area contributed by atoms with E-state index < -0.39 is 6.61 Å². The molecule has 94 valence electrons. The molecule has 3 nitrogen and oxygen atoms in total. The topological polar surface area (TPSA) is 38.3 Å². The molecule has 1 aromatic carbocycles. The predicted octanol–water partition coefficient (Wildman–Crippen LogP) is 3.08. The standard InChI is InChI=1S/C11H12BrF2NO2/c1-2-10(16)15-6-7-5-8(12)3-4-9(7)17-11(13)14/h3-5,11H,2,6H2,1H3,(H,15,16). The minimum absolute atomic E-state index is 0.0691. The summed E-state index contributed by atoms with van der Waals surface area (Å²) in [7, 11) is 0. The van der Waals surface area contributed by atoms with Crippen LogP contribution in [-0.2, 0) is 11.3 Å². The summed E-state index contributed by atoms with van der Waals surface area (Å²) in [4.78, 5) is 11.1. The SMILES string of the molecule is CCC(=O)NCc1cc(Br)ccc1OC(F)F. The van der Waals surface area contributed by atoms with Gasteiger partial charge in [0.15, 0.2) is 0 Å². The Balaban J connectivity index is 2.79. The number of hydrogen-bond acceptors (Lipinski definition) is 2. The zero-order valence-corrected chi connectivity index (χ0v) is 10.8. The highest BCUT2D eigenvalue weighted by Crippen LogP contribution is 2.24. The number of benzene rings is 1. The van der Waals surface area contributed by atoms with Crippen LogP contribution in [0.4, 0.5) is 8.78 Å². The fraction of sp³-hybridized carbons (Fsp3) is 0.364. The summed E-state index contributed by atoms with van der Waals surface area (Å²) in [6, 6.07) is 4.67. The molecule has 0 aliphatic carbocycles. The van der Waals surface area contributed by atoms with Gasteiger partial charge in [0.25, 0.3) is 0 Å². The van der Waals surface area contributed by atoms with Crippen LogP contribution < -0.4 is 10.1 Å². The average molecular weight is 308 g/mol. The third-order valence-electron chi connectivity index (χ3n) is 2.04. The van der Waals surface area contributed by atoms with E-state index in [1.807, 2.05) is 0 Å². The van der Waals surface area contributed by atoms with E-state index in [-0.39, 0.29) is 18.2 Å². The van der Waals surface area contributed by atoms with E-state index in [0.29, 0.717) is 12.0 Å². The molecule has 0 bridgehead atoms. The Morgan fingerprint density at radius 2 is 2.24 bits per heavy atom. The molecule has 0 saturated carbocycles. The van der Waals surface area contributed by atoms with Gasteiger partial charge in [-0.25, -0.2) is 0 Å². The molecule has 0 aliphatic heterocycles. The summed E-state index contributed by atoms with van der Waals surface area (Å²) < 4.78 is 29.4. The van der Waals surface area contributed by atoms with E-state index in [4.69, 9.17) is 0 Å². The first-order valence-electron chi connectivity index (χ1n) is 5.03. The second-order valence-corrected chi connectivity index (χ2v) is 4.18. The van der Waals surface area contributed by atoms with Crippen LogP contribution >= 0.6 is 15.9 Å². The van der Waals surface area contributed by atoms with Crippen LogP contribution in [0.15, 0.2) is 22.7 Å². The zero-order chi connectivity index (χ0) is 12.8. The van der Waals surface area contributed by atoms with Crippen LogP contribution in [0.1, 0.15) is 18.9 Å². The summed E-state index contributed by atoms with van der Waals surface area (Å²) >= 11 is 3.23. The number of alkyl halides is 2. The predicted molar refractivity (Wildman–Crippen MR) is 62.9 cm³/mol. The molecule has 1 aromatic rings. The van der Waals surface area contributed by atoms with Gasteiger partial charge in [-0.2, -0.15) is 8.78 Å². The molecule has 0 saturated heterocycles. The first-order valence-corrected chi connectivity index (χ1v) is 5.82. The van der Waals surface area contributed by atoms with Crippen LogP contribution in [-0.4, -0.2) is 12.5 Å². The highest BCUT2D eigenvalue weighted by Gasteiger charge is 2.10. The largest absolute Gasteiger partial charge is 0.434 e. The molecule has 0 aromatic heterocycles. The van der Waals surface area contributed by atoms with Gasteiger partial charge in [0.1, 0.15) is 5.75 Å². The van der Waals surface area contributed by atoms with E-state index in [9.17, 15) is 13.6 Å². The average Bonchev–Trinajstić information content (AvgIpc) is 2.28. The number of amides is 1. The lowest BCUT2D eigenvalue weighted by atomic mass is 10.2. The highest BCUT2D eigenvalue weighted by molar-refractivity contribution is 9.10. The van der Waals surface area contributed by atoms with Gasteiger partial charge in [0.05, 0.1) is 0 Å². The van der Waals surface area contributed by atoms with E-state index >= 15 is 0 Å². The van der Waals surface area contributed by atoms with Gasteiger partial charge in [-0.3, -0.25) is 4.79 Å². The normalized spacial score (nSPS) is 10.4. The van der Waals surface area contributed by atoms with Crippen molar-refractivity contribution in [1.82, 2.24) is 5.32 Å². The van der Waals surface area contributed by atoms with Gasteiger partial charge < -0.3 is 10.1 Å². The van der Waals surface area contributed by atoms with E-state index in [1.54, 1.807) is 19.1 Å². The van der Waals surface area contributed by atoms with Crippen molar-refractivity contribution in [3.8, 4) is 5.75 Å². The molecule has 0 radical (unpaired) electrons. The molecule has 17 heavy (non-hydrogen) atoms. The molecule has 6 heteroatoms. The Kier molecular flexibility index (Phi) is 5.34. The summed E-state index contributed by atoms with van der Waals surface area (Å²) in [5, 5.41) is 2.60. The van der Waals surface area contributed by atoms with Crippen molar-refractivity contribution < 1.29 is 18.3 Å². The molecule has 0 fully saturated rings. The first kappa shape index (κ1) is 13.9. The molecule has 1 N–H and O–H groups in total. The van der Waals surface area contributed by atoms with Crippen LogP contribution in [0.2, 0.25) is 0 Å². The van der Waals surface area contributed by atoms with Crippen LogP contribution in [0, 0.1) is 0 Å². The second kappa shape index (κ2) is 6.54. The van der Waals surface area contributed by atoms with Crippen molar-refractivity contribution in [1.29, 1.82) is 0 Å². The molecule has 0 heterocycles. The zero-order valence-electron chi connectivity index (χ0n) is 9.17. The quantitative estimate of drug-likeness (QED) is 0.908. The number of carbonyl (C=O) groups is 1. The fourth-order valence-electron chi connectivity index (χ4n) is 1.22. The Bertz CT molecular complexity index is 399. The maximum absolute atomic E-state index is 12.1. The summed E-state index contributed by atoms with van der Waals surface area (Å²) in [5.74, 6) is -0.0763. The number of carbonyl (C=O) groups excluding carboxylic acids is 1. The molecule has 1 rings (SSSR count). The van der Waals surface area contributed by atoms with Crippen molar-refractivity contribution in [2.24, 2.45) is 0 Å². The summed E-state index contributed by atoms with van der Waals surface area (Å²) in [6.07, 6.45) is 0.346. The molecule has 0 atom stereocenters. The third-order valence-corrected chi connectivity index (χ3v) is 2.53. The van der Waals surface area contributed by atoms with Gasteiger partial charge in [-0.15, -0.1) is 0 Å². The lowest BCUT2D eigenvalue weighted by Crippen LogP contribution is -2.22. The lowest BCUT2D eigenvalue weighted by Gasteiger charge is -2.11. The van der Waals surface area contributed by atoms with Gasteiger partial charge in [-0.05, 0) is 18.2 Å². The van der Waals surface area contributed by atoms with Crippen LogP contribution in [0.3, 0.4) is 0 Å². The smallest absolute Gasteiger partial charge is 0.387 e. The number of rotatable bonds is 5. The van der Waals surface area contributed by atoms with Crippen molar-refractivity contribution in [2.75, 3.05) is 0 Å². The van der Waals surface area contributed by atoms with Gasteiger partial charge in [0.2, 0.25) is 5.91 Å². The third kappa shape index (κ3) is 4.68. The van der Waals surface area contributed by atoms with E-state index in [2.05, 4.69) is 26.0 Å². The van der Waals surface area contributed by atoms with Crippen LogP contribution in [0.25, 0.3) is 0 Å². The lowest BCUT2D eigenvalue weighted by molar-refractivity contribution is -0.120. The van der Waals surface area contributed by atoms with E-state index in [0.717, 1.165) is 4.47 Å². The number of ether oxygens (including phenoxy) is 1. The molecule has 0 aliphatic rings.